The summed E-state index contributed by atoms with van der Waals surface area (Å²) in [6.07, 6.45) is 4.27. The summed E-state index contributed by atoms with van der Waals surface area (Å²) in [6.45, 7) is 4.04. The number of nitrogens with zero attached hydrogens (tertiary/aromatic N) is 1. The minimum atomic E-state index is -0.0975. The van der Waals surface area contributed by atoms with Gasteiger partial charge in [0.2, 0.25) is 11.8 Å². The third-order valence-electron chi connectivity index (χ3n) is 3.24. The topological polar surface area (TPSA) is 54.5 Å². The van der Waals surface area contributed by atoms with Crippen LogP contribution in [-0.2, 0) is 14.4 Å². The molecule has 17 heavy (non-hydrogen) atoms. The number of rotatable bonds is 7. The molecule has 0 aromatic carbocycles. The Kier molecular flexibility index (Phi) is 5.32. The van der Waals surface area contributed by atoms with Crippen molar-refractivity contribution in [2.45, 2.75) is 52.4 Å². The van der Waals surface area contributed by atoms with Crippen LogP contribution >= 0.6 is 0 Å². The van der Waals surface area contributed by atoms with Gasteiger partial charge in [0.25, 0.3) is 0 Å². The van der Waals surface area contributed by atoms with Gasteiger partial charge in [0, 0.05) is 25.3 Å². The molecule has 1 heterocycles. The first-order valence-corrected chi connectivity index (χ1v) is 6.40. The molecule has 0 radical (unpaired) electrons. The summed E-state index contributed by atoms with van der Waals surface area (Å²) < 4.78 is 0. The van der Waals surface area contributed by atoms with Crippen molar-refractivity contribution in [1.82, 2.24) is 4.90 Å². The molecule has 96 valence electrons. The van der Waals surface area contributed by atoms with Crippen molar-refractivity contribution < 1.29 is 14.4 Å². The lowest BCUT2D eigenvalue weighted by atomic mass is 10.1. The predicted molar refractivity (Wildman–Crippen MR) is 64.3 cm³/mol. The maximum absolute atomic E-state index is 11.8. The molecule has 1 aliphatic rings. The average Bonchev–Trinajstić information content (AvgIpc) is 2.54. The summed E-state index contributed by atoms with van der Waals surface area (Å²) in [7, 11) is 0. The summed E-state index contributed by atoms with van der Waals surface area (Å²) in [4.78, 5) is 35.5. The molecule has 1 saturated heterocycles. The number of hydrogen-bond donors (Lipinski definition) is 0. The number of likely N-dealkylation sites (tertiary alicyclic amines) is 1. The Bertz CT molecular complexity index is 312. The van der Waals surface area contributed by atoms with E-state index < -0.39 is 0 Å². The predicted octanol–water partition coefficient (Wildman–Crippen LogP) is 1.92. The Morgan fingerprint density at radius 2 is 2.00 bits per heavy atom. The van der Waals surface area contributed by atoms with Crippen LogP contribution < -0.4 is 0 Å². The maximum atomic E-state index is 11.8. The highest BCUT2D eigenvalue weighted by Gasteiger charge is 2.36. The molecule has 1 rings (SSSR count). The van der Waals surface area contributed by atoms with Crippen LogP contribution in [0.25, 0.3) is 0 Å². The number of unbranched alkanes of at least 4 members (excludes halogenated alkanes) is 2. The molecule has 0 aromatic rings. The standard InChI is InChI=1S/C13H21NO3/c1-3-11-9-12(16)14(13(11)17)8-6-4-5-7-10(2)15/h11H,3-9H2,1-2H3. The number of imide groups is 1. The van der Waals surface area contributed by atoms with Crippen molar-refractivity contribution in [3.05, 3.63) is 0 Å². The van der Waals surface area contributed by atoms with Crippen molar-refractivity contribution in [1.29, 1.82) is 0 Å². The highest BCUT2D eigenvalue weighted by molar-refractivity contribution is 6.03. The van der Waals surface area contributed by atoms with Gasteiger partial charge in [-0.1, -0.05) is 13.3 Å². The van der Waals surface area contributed by atoms with Gasteiger partial charge in [0.05, 0.1) is 0 Å². The van der Waals surface area contributed by atoms with E-state index in [1.165, 1.54) is 4.90 Å². The van der Waals surface area contributed by atoms with E-state index in [0.717, 1.165) is 25.7 Å². The number of hydrogen-bond acceptors (Lipinski definition) is 3. The molecule has 1 unspecified atom stereocenters. The lowest BCUT2D eigenvalue weighted by Gasteiger charge is -2.14. The lowest BCUT2D eigenvalue weighted by Crippen LogP contribution is -2.31. The molecule has 0 aromatic heterocycles. The molecule has 2 amide bonds. The van der Waals surface area contributed by atoms with Crippen LogP contribution in [0.15, 0.2) is 0 Å². The van der Waals surface area contributed by atoms with Crippen molar-refractivity contribution in [3.63, 3.8) is 0 Å². The van der Waals surface area contributed by atoms with Gasteiger partial charge in [-0.25, -0.2) is 0 Å². The fourth-order valence-corrected chi connectivity index (χ4v) is 2.13. The minimum absolute atomic E-state index is 0.0101. The van der Waals surface area contributed by atoms with E-state index >= 15 is 0 Å². The molecule has 4 nitrogen and oxygen atoms in total. The zero-order valence-electron chi connectivity index (χ0n) is 10.7. The van der Waals surface area contributed by atoms with Gasteiger partial charge in [-0.2, -0.15) is 0 Å². The molecule has 0 N–H and O–H groups in total. The Labute approximate surface area is 102 Å². The van der Waals surface area contributed by atoms with Crippen LogP contribution in [0.2, 0.25) is 0 Å². The van der Waals surface area contributed by atoms with E-state index in [1.54, 1.807) is 6.92 Å². The lowest BCUT2D eigenvalue weighted by molar-refractivity contribution is -0.139. The fourth-order valence-electron chi connectivity index (χ4n) is 2.13. The van der Waals surface area contributed by atoms with E-state index in [9.17, 15) is 14.4 Å². The largest absolute Gasteiger partial charge is 0.300 e. The molecule has 1 fully saturated rings. The molecule has 1 atom stereocenters. The quantitative estimate of drug-likeness (QED) is 0.504. The average molecular weight is 239 g/mol. The van der Waals surface area contributed by atoms with Gasteiger partial charge in [0.15, 0.2) is 0 Å². The molecule has 0 saturated carbocycles. The second-order valence-corrected chi connectivity index (χ2v) is 4.71. The second-order valence-electron chi connectivity index (χ2n) is 4.71. The third-order valence-corrected chi connectivity index (χ3v) is 3.24. The number of amides is 2. The zero-order chi connectivity index (χ0) is 12.8. The number of ketones is 1. The summed E-state index contributed by atoms with van der Waals surface area (Å²) >= 11 is 0. The Balaban J connectivity index is 2.25. The van der Waals surface area contributed by atoms with Crippen LogP contribution in [0.5, 0.6) is 0 Å². The van der Waals surface area contributed by atoms with Gasteiger partial charge in [0.1, 0.15) is 5.78 Å². The van der Waals surface area contributed by atoms with E-state index in [-0.39, 0.29) is 23.5 Å². The normalized spacial score (nSPS) is 20.1. The highest BCUT2D eigenvalue weighted by Crippen LogP contribution is 2.22. The summed E-state index contributed by atoms with van der Waals surface area (Å²) in [5.74, 6) is 0.0570. The minimum Gasteiger partial charge on any atom is -0.300 e. The summed E-state index contributed by atoms with van der Waals surface area (Å²) in [5.41, 5.74) is 0. The molecular formula is C13H21NO3. The molecule has 0 spiro atoms. The van der Waals surface area contributed by atoms with Crippen molar-refractivity contribution in [3.8, 4) is 0 Å². The molecular weight excluding hydrogens is 218 g/mol. The van der Waals surface area contributed by atoms with Crippen LogP contribution in [0, 0.1) is 5.92 Å². The molecule has 0 aliphatic carbocycles. The number of Topliss-reactive ketones (excluding diaryl/α,β-unsaturated/α-hetero) is 1. The van der Waals surface area contributed by atoms with Gasteiger partial charge >= 0.3 is 0 Å². The number of carbonyl (C=O) groups excluding carboxylic acids is 3. The molecule has 1 aliphatic heterocycles. The number of carbonyl (C=O) groups is 3. The van der Waals surface area contributed by atoms with Crippen LogP contribution in [0.3, 0.4) is 0 Å². The molecule has 4 heteroatoms. The smallest absolute Gasteiger partial charge is 0.232 e. The van der Waals surface area contributed by atoms with Gasteiger partial charge in [-0.15, -0.1) is 0 Å². The van der Waals surface area contributed by atoms with E-state index in [0.29, 0.717) is 19.4 Å². The van der Waals surface area contributed by atoms with E-state index in [1.807, 2.05) is 6.92 Å². The fraction of sp³-hybridized carbons (Fsp3) is 0.769. The van der Waals surface area contributed by atoms with Crippen molar-refractivity contribution in [2.24, 2.45) is 5.92 Å². The first kappa shape index (κ1) is 13.9. The Morgan fingerprint density at radius 1 is 1.29 bits per heavy atom. The van der Waals surface area contributed by atoms with Crippen LogP contribution in [0.1, 0.15) is 52.4 Å². The molecule has 0 bridgehead atoms. The second kappa shape index (κ2) is 6.52. The maximum Gasteiger partial charge on any atom is 0.232 e. The van der Waals surface area contributed by atoms with Crippen LogP contribution in [0.4, 0.5) is 0 Å². The van der Waals surface area contributed by atoms with Crippen molar-refractivity contribution in [2.75, 3.05) is 6.54 Å². The SMILES string of the molecule is CCC1CC(=O)N(CCCCCC(C)=O)C1=O. The van der Waals surface area contributed by atoms with Crippen molar-refractivity contribution >= 4 is 17.6 Å². The van der Waals surface area contributed by atoms with Gasteiger partial charge in [-0.3, -0.25) is 14.5 Å². The first-order chi connectivity index (χ1) is 8.06. The van der Waals surface area contributed by atoms with E-state index in [2.05, 4.69) is 0 Å². The zero-order valence-corrected chi connectivity index (χ0v) is 10.7. The van der Waals surface area contributed by atoms with Gasteiger partial charge in [-0.05, 0) is 26.2 Å². The third kappa shape index (κ3) is 3.95. The summed E-state index contributed by atoms with van der Waals surface area (Å²) in [6, 6.07) is 0. The van der Waals surface area contributed by atoms with Gasteiger partial charge < -0.3 is 4.79 Å². The highest BCUT2D eigenvalue weighted by atomic mass is 16.2. The monoisotopic (exact) mass is 239 g/mol. The Hall–Kier alpha value is -1.19. The van der Waals surface area contributed by atoms with E-state index in [4.69, 9.17) is 0 Å². The summed E-state index contributed by atoms with van der Waals surface area (Å²) in [5, 5.41) is 0. The first-order valence-electron chi connectivity index (χ1n) is 6.40. The Morgan fingerprint density at radius 3 is 2.53 bits per heavy atom. The van der Waals surface area contributed by atoms with Crippen LogP contribution in [-0.4, -0.2) is 29.0 Å².